The van der Waals surface area contributed by atoms with Crippen molar-refractivity contribution >= 4 is 17.3 Å². The molecule has 2 N–H and O–H groups in total. The predicted octanol–water partition coefficient (Wildman–Crippen LogP) is 3.09. The van der Waals surface area contributed by atoms with Crippen molar-refractivity contribution in [3.8, 4) is 0 Å². The first-order valence-corrected chi connectivity index (χ1v) is 8.10. The Kier molecular flexibility index (Phi) is 3.57. The Morgan fingerprint density at radius 1 is 1.14 bits per heavy atom. The summed E-state index contributed by atoms with van der Waals surface area (Å²) in [5.74, 6) is 0.407. The summed E-state index contributed by atoms with van der Waals surface area (Å²) in [7, 11) is 0. The molecule has 0 spiro atoms. The number of para-hydroxylation sites is 1. The van der Waals surface area contributed by atoms with E-state index in [2.05, 4.69) is 40.5 Å². The van der Waals surface area contributed by atoms with Crippen LogP contribution in [0.4, 0.5) is 5.69 Å². The molecular formula is C18H19ClN2O. The summed E-state index contributed by atoms with van der Waals surface area (Å²) >= 11 is 6.29. The fourth-order valence-electron chi connectivity index (χ4n) is 3.91. The molecule has 2 aromatic carbocycles. The molecule has 2 heterocycles. The van der Waals surface area contributed by atoms with Gasteiger partial charge in [0.05, 0.1) is 6.61 Å². The third kappa shape index (κ3) is 2.12. The maximum Gasteiger partial charge on any atom is 0.0593 e. The second-order valence-corrected chi connectivity index (χ2v) is 6.48. The minimum Gasteiger partial charge on any atom is -0.395 e. The first-order valence-electron chi connectivity index (χ1n) is 7.72. The van der Waals surface area contributed by atoms with Gasteiger partial charge in [0.15, 0.2) is 0 Å². The number of aliphatic hydroxyl groups is 1. The molecule has 1 saturated heterocycles. The number of hydrogen-bond donors (Lipinski definition) is 2. The molecule has 2 aliphatic heterocycles. The lowest BCUT2D eigenvalue weighted by Gasteiger charge is -2.57. The average Bonchev–Trinajstić information content (AvgIpc) is 2.54. The maximum atomic E-state index is 9.87. The van der Waals surface area contributed by atoms with Gasteiger partial charge in [-0.1, -0.05) is 48.0 Å². The Bertz CT molecular complexity index is 690. The van der Waals surface area contributed by atoms with Crippen LogP contribution in [-0.4, -0.2) is 35.2 Å². The topological polar surface area (TPSA) is 35.5 Å². The number of rotatable bonds is 3. The third-order valence-electron chi connectivity index (χ3n) is 5.00. The van der Waals surface area contributed by atoms with E-state index in [1.165, 1.54) is 11.3 Å². The van der Waals surface area contributed by atoms with E-state index >= 15 is 0 Å². The first kappa shape index (κ1) is 14.1. The third-order valence-corrected chi connectivity index (χ3v) is 5.37. The van der Waals surface area contributed by atoms with Crippen LogP contribution in [0.25, 0.3) is 0 Å². The molecular weight excluding hydrogens is 296 g/mol. The summed E-state index contributed by atoms with van der Waals surface area (Å²) in [6, 6.07) is 17.0. The lowest BCUT2D eigenvalue weighted by atomic mass is 9.72. The molecule has 3 nitrogen and oxygen atoms in total. The molecule has 0 radical (unpaired) electrons. The fourth-order valence-corrected chi connectivity index (χ4v) is 4.11. The zero-order chi connectivity index (χ0) is 15.1. The molecule has 0 aliphatic carbocycles. The maximum absolute atomic E-state index is 9.87. The van der Waals surface area contributed by atoms with E-state index in [1.807, 2.05) is 18.2 Å². The van der Waals surface area contributed by atoms with Crippen LogP contribution in [-0.2, 0) is 6.54 Å². The minimum atomic E-state index is 0.171. The zero-order valence-electron chi connectivity index (χ0n) is 12.2. The molecule has 1 fully saturated rings. The van der Waals surface area contributed by atoms with Crippen LogP contribution < -0.4 is 5.32 Å². The van der Waals surface area contributed by atoms with Gasteiger partial charge in [-0.05, 0) is 23.3 Å². The molecule has 0 saturated carbocycles. The van der Waals surface area contributed by atoms with Crippen molar-refractivity contribution in [2.24, 2.45) is 0 Å². The summed E-state index contributed by atoms with van der Waals surface area (Å²) in [6.45, 7) is 1.89. The summed E-state index contributed by atoms with van der Waals surface area (Å²) in [6.07, 6.45) is 0. The van der Waals surface area contributed by atoms with Crippen molar-refractivity contribution in [1.29, 1.82) is 0 Å². The van der Waals surface area contributed by atoms with Gasteiger partial charge in [0, 0.05) is 41.8 Å². The largest absolute Gasteiger partial charge is 0.395 e. The van der Waals surface area contributed by atoms with E-state index in [4.69, 9.17) is 11.6 Å². The Balaban J connectivity index is 1.61. The van der Waals surface area contributed by atoms with Crippen molar-refractivity contribution in [2.75, 3.05) is 18.5 Å². The fraction of sp³-hybridized carbons (Fsp3) is 0.333. The number of anilines is 1. The molecule has 2 aromatic rings. The Hall–Kier alpha value is -1.55. The second kappa shape index (κ2) is 5.58. The molecule has 0 unspecified atom stereocenters. The lowest BCUT2D eigenvalue weighted by Crippen LogP contribution is -2.66. The van der Waals surface area contributed by atoms with E-state index in [-0.39, 0.29) is 12.6 Å². The number of nitrogens with one attached hydrogen (secondary N) is 1. The van der Waals surface area contributed by atoms with Gasteiger partial charge >= 0.3 is 0 Å². The summed E-state index contributed by atoms with van der Waals surface area (Å²) in [5, 5.41) is 14.2. The normalized spacial score (nSPS) is 26.5. The Morgan fingerprint density at radius 3 is 2.73 bits per heavy atom. The zero-order valence-corrected chi connectivity index (χ0v) is 13.0. The van der Waals surface area contributed by atoms with E-state index in [0.29, 0.717) is 12.0 Å². The lowest BCUT2D eigenvalue weighted by molar-refractivity contribution is -0.0459. The van der Waals surface area contributed by atoms with Gasteiger partial charge < -0.3 is 10.4 Å². The smallest absolute Gasteiger partial charge is 0.0593 e. The number of halogens is 1. The van der Waals surface area contributed by atoms with Gasteiger partial charge in [-0.3, -0.25) is 4.90 Å². The van der Waals surface area contributed by atoms with Gasteiger partial charge in [-0.2, -0.15) is 0 Å². The highest BCUT2D eigenvalue weighted by molar-refractivity contribution is 6.31. The van der Waals surface area contributed by atoms with E-state index < -0.39 is 0 Å². The van der Waals surface area contributed by atoms with Crippen molar-refractivity contribution in [1.82, 2.24) is 4.90 Å². The summed E-state index contributed by atoms with van der Waals surface area (Å²) in [4.78, 5) is 2.37. The quantitative estimate of drug-likeness (QED) is 0.914. The standard InChI is InChI=1S/C18H19ClN2O/c19-14-7-3-1-5-12(14)10-21-16-9-20-15-8-4-2-6-13(15)18(16)17(21)11-22/h1-8,16-18,20,22H,9-11H2/t16-,17-,18+/m0/s1. The van der Waals surface area contributed by atoms with E-state index in [1.54, 1.807) is 0 Å². The predicted molar refractivity (Wildman–Crippen MR) is 89.3 cm³/mol. The van der Waals surface area contributed by atoms with Crippen molar-refractivity contribution in [3.63, 3.8) is 0 Å². The minimum absolute atomic E-state index is 0.171. The number of hydrogen-bond acceptors (Lipinski definition) is 3. The average molecular weight is 315 g/mol. The Morgan fingerprint density at radius 2 is 1.91 bits per heavy atom. The van der Waals surface area contributed by atoms with Crippen molar-refractivity contribution in [2.45, 2.75) is 24.5 Å². The monoisotopic (exact) mass is 314 g/mol. The highest BCUT2D eigenvalue weighted by Crippen LogP contribution is 2.46. The highest BCUT2D eigenvalue weighted by atomic mass is 35.5. The molecule has 4 rings (SSSR count). The van der Waals surface area contributed by atoms with Crippen LogP contribution in [0.2, 0.25) is 5.02 Å². The number of likely N-dealkylation sites (tertiary alicyclic amines) is 1. The summed E-state index contributed by atoms with van der Waals surface area (Å²) in [5.41, 5.74) is 3.66. The molecule has 4 heteroatoms. The van der Waals surface area contributed by atoms with Gasteiger partial charge in [0.2, 0.25) is 0 Å². The van der Waals surface area contributed by atoms with Crippen LogP contribution in [0, 0.1) is 0 Å². The van der Waals surface area contributed by atoms with Crippen LogP contribution >= 0.6 is 11.6 Å². The molecule has 2 aliphatic rings. The molecule has 3 atom stereocenters. The van der Waals surface area contributed by atoms with Crippen LogP contribution in [0.15, 0.2) is 48.5 Å². The van der Waals surface area contributed by atoms with Crippen molar-refractivity contribution < 1.29 is 5.11 Å². The summed E-state index contributed by atoms with van der Waals surface area (Å²) < 4.78 is 0. The molecule has 0 amide bonds. The van der Waals surface area contributed by atoms with Crippen LogP contribution in [0.3, 0.4) is 0 Å². The van der Waals surface area contributed by atoms with E-state index in [0.717, 1.165) is 23.7 Å². The second-order valence-electron chi connectivity index (χ2n) is 6.07. The number of benzene rings is 2. The van der Waals surface area contributed by atoms with Crippen molar-refractivity contribution in [3.05, 3.63) is 64.7 Å². The molecule has 0 aromatic heterocycles. The van der Waals surface area contributed by atoms with Gasteiger partial charge in [0.25, 0.3) is 0 Å². The van der Waals surface area contributed by atoms with Crippen LogP contribution in [0.5, 0.6) is 0 Å². The first-order chi connectivity index (χ1) is 10.8. The van der Waals surface area contributed by atoms with E-state index in [9.17, 15) is 5.11 Å². The van der Waals surface area contributed by atoms with Gasteiger partial charge in [0.1, 0.15) is 0 Å². The van der Waals surface area contributed by atoms with Gasteiger partial charge in [-0.15, -0.1) is 0 Å². The molecule has 0 bridgehead atoms. The molecule has 114 valence electrons. The number of aliphatic hydroxyl groups excluding tert-OH is 1. The molecule has 22 heavy (non-hydrogen) atoms. The number of nitrogens with zero attached hydrogens (tertiary/aromatic N) is 1. The SMILES string of the molecule is OC[C@H]1[C@@H]2c3ccccc3NC[C@@H]2N1Cc1ccccc1Cl. The van der Waals surface area contributed by atoms with Crippen LogP contribution in [0.1, 0.15) is 17.0 Å². The number of fused-ring (bicyclic) bond motifs is 3. The highest BCUT2D eigenvalue weighted by Gasteiger charge is 2.50. The Labute approximate surface area is 135 Å². The van der Waals surface area contributed by atoms with Gasteiger partial charge in [-0.25, -0.2) is 0 Å².